The molecule has 0 radical (unpaired) electrons. The molecule has 2 fully saturated rings. The van der Waals surface area contributed by atoms with E-state index in [9.17, 15) is 20.2 Å². The van der Waals surface area contributed by atoms with E-state index in [1.807, 2.05) is 36.4 Å². The van der Waals surface area contributed by atoms with Gasteiger partial charge in [-0.25, -0.2) is 4.79 Å². The Labute approximate surface area is 207 Å². The van der Waals surface area contributed by atoms with Gasteiger partial charge in [-0.05, 0) is 48.7 Å². The van der Waals surface area contributed by atoms with Crippen molar-refractivity contribution < 1.29 is 24.2 Å². The van der Waals surface area contributed by atoms with Gasteiger partial charge in [-0.15, -0.1) is 0 Å². The number of ether oxygens (including phenoxy) is 1. The average Bonchev–Trinajstić information content (AvgIpc) is 3.04. The number of carbonyl (C=O) groups is 2. The predicted octanol–water partition coefficient (Wildman–Crippen LogP) is 4.11. The van der Waals surface area contributed by atoms with Crippen molar-refractivity contribution in [1.29, 1.82) is 0 Å². The number of hydrogen-bond donors (Lipinski definition) is 1. The van der Waals surface area contributed by atoms with E-state index in [1.54, 1.807) is 0 Å². The lowest BCUT2D eigenvalue weighted by Crippen LogP contribution is -2.41. The summed E-state index contributed by atoms with van der Waals surface area (Å²) in [6, 6.07) is 16.2. The third-order valence-electron chi connectivity index (χ3n) is 7.99. The fourth-order valence-corrected chi connectivity index (χ4v) is 5.89. The third kappa shape index (κ3) is 2.59. The highest BCUT2D eigenvalue weighted by Crippen LogP contribution is 2.57. The zero-order valence-electron chi connectivity index (χ0n) is 19.4. The van der Waals surface area contributed by atoms with Crippen molar-refractivity contribution in [3.05, 3.63) is 87.9 Å². The number of fused-ring (bicyclic) bond motifs is 6. The summed E-state index contributed by atoms with van der Waals surface area (Å²) in [6.07, 6.45) is 2.26. The summed E-state index contributed by atoms with van der Waals surface area (Å²) in [5.74, 6) is -0.393. The highest BCUT2D eigenvalue weighted by molar-refractivity contribution is 6.52. The first-order valence-corrected chi connectivity index (χ1v) is 12.1. The van der Waals surface area contributed by atoms with Crippen molar-refractivity contribution in [2.75, 3.05) is 36.0 Å². The number of hydrogen-bond acceptors (Lipinski definition) is 5. The number of ketones is 1. The van der Waals surface area contributed by atoms with E-state index >= 15 is 0 Å². The van der Waals surface area contributed by atoms with Crippen LogP contribution < -0.4 is 14.5 Å². The zero-order valence-corrected chi connectivity index (χ0v) is 19.4. The summed E-state index contributed by atoms with van der Waals surface area (Å²) in [4.78, 5) is 33.5. The number of carboxylic acid groups (broad SMARTS) is 1. The third-order valence-corrected chi connectivity index (χ3v) is 7.99. The maximum Gasteiger partial charge on any atom is 0.358 e. The van der Waals surface area contributed by atoms with Crippen molar-refractivity contribution in [2.24, 2.45) is 0 Å². The van der Waals surface area contributed by atoms with Crippen molar-refractivity contribution in [3.63, 3.8) is 0 Å². The molecule has 3 aliphatic heterocycles. The lowest BCUT2D eigenvalue weighted by atomic mass is 9.67. The van der Waals surface area contributed by atoms with Gasteiger partial charge in [0.05, 0.1) is 5.56 Å². The lowest BCUT2D eigenvalue weighted by molar-refractivity contribution is -0.0118. The van der Waals surface area contributed by atoms with Crippen LogP contribution in [0.15, 0.2) is 54.6 Å². The van der Waals surface area contributed by atoms with Crippen LogP contribution in [-0.4, -0.2) is 53.5 Å². The van der Waals surface area contributed by atoms with Crippen LogP contribution in [0.1, 0.15) is 50.2 Å². The number of rotatable bonds is 3. The minimum absolute atomic E-state index is 0.0563. The molecular weight excluding hydrogens is 456 g/mol. The van der Waals surface area contributed by atoms with Crippen LogP contribution in [0.25, 0.3) is 5.53 Å². The van der Waals surface area contributed by atoms with Crippen molar-refractivity contribution in [3.8, 4) is 11.5 Å². The molecule has 0 saturated carbocycles. The van der Waals surface area contributed by atoms with E-state index in [-0.39, 0.29) is 11.3 Å². The van der Waals surface area contributed by atoms with Crippen LogP contribution in [0.5, 0.6) is 11.5 Å². The standard InChI is InChI=1S/C28H22N4O4/c29-30-26-25(33)19-6-3-16(27(34)35)13-22(19)28(26)20-7-4-17(31-9-1-10-31)14-23(20)36-24-15-18(5-8-21(24)28)32-11-2-12-32/h3-8,13-15H,1-2,9-12H2,(H,34,35). The Bertz CT molecular complexity index is 1480. The average molecular weight is 479 g/mol. The molecule has 2 saturated heterocycles. The molecular formula is C28H22N4O4. The molecule has 1 aliphatic carbocycles. The first-order valence-electron chi connectivity index (χ1n) is 12.1. The molecule has 36 heavy (non-hydrogen) atoms. The molecule has 7 rings (SSSR count). The molecule has 8 heteroatoms. The minimum atomic E-state index is -1.30. The predicted molar refractivity (Wildman–Crippen MR) is 133 cm³/mol. The van der Waals surface area contributed by atoms with Gasteiger partial charge >= 0.3 is 11.7 Å². The lowest BCUT2D eigenvalue weighted by Gasteiger charge is -2.39. The molecule has 8 nitrogen and oxygen atoms in total. The van der Waals surface area contributed by atoms with Gasteiger partial charge in [0, 0.05) is 66.4 Å². The Morgan fingerprint density at radius 2 is 1.44 bits per heavy atom. The van der Waals surface area contributed by atoms with Gasteiger partial charge in [0.1, 0.15) is 11.5 Å². The Hall–Kier alpha value is -4.42. The Morgan fingerprint density at radius 3 is 1.92 bits per heavy atom. The van der Waals surface area contributed by atoms with Gasteiger partial charge in [0.2, 0.25) is 0 Å². The molecule has 0 unspecified atom stereocenters. The molecule has 0 amide bonds. The summed E-state index contributed by atoms with van der Waals surface area (Å²) in [5.41, 5.74) is 13.1. The molecule has 4 aliphatic rings. The number of nitrogens with zero attached hydrogens (tertiary/aromatic N) is 4. The Kier molecular flexibility index (Phi) is 4.23. The monoisotopic (exact) mass is 478 g/mol. The summed E-state index contributed by atoms with van der Waals surface area (Å²) in [5, 5.41) is 9.74. The fraction of sp³-hybridized carbons (Fsp3) is 0.250. The zero-order chi connectivity index (χ0) is 24.6. The molecule has 3 aromatic carbocycles. The van der Waals surface area contributed by atoms with E-state index in [1.165, 1.54) is 18.2 Å². The van der Waals surface area contributed by atoms with E-state index in [2.05, 4.69) is 14.6 Å². The van der Waals surface area contributed by atoms with Crippen molar-refractivity contribution in [1.82, 2.24) is 0 Å². The molecule has 1 spiro atoms. The van der Waals surface area contributed by atoms with Crippen molar-refractivity contribution in [2.45, 2.75) is 18.3 Å². The van der Waals surface area contributed by atoms with Gasteiger partial charge in [-0.1, -0.05) is 12.1 Å². The smallest absolute Gasteiger partial charge is 0.358 e. The first kappa shape index (κ1) is 20.9. The van der Waals surface area contributed by atoms with Crippen LogP contribution in [-0.2, 0) is 5.41 Å². The quantitative estimate of drug-likeness (QED) is 0.449. The molecule has 0 atom stereocenters. The van der Waals surface area contributed by atoms with Gasteiger partial charge in [-0.2, -0.15) is 4.79 Å². The van der Waals surface area contributed by atoms with Crippen LogP contribution in [0.2, 0.25) is 0 Å². The summed E-state index contributed by atoms with van der Waals surface area (Å²) < 4.78 is 6.49. The highest BCUT2D eigenvalue weighted by Gasteiger charge is 2.62. The summed E-state index contributed by atoms with van der Waals surface area (Å²) in [7, 11) is 0. The van der Waals surface area contributed by atoms with E-state index < -0.39 is 17.2 Å². The van der Waals surface area contributed by atoms with Gasteiger partial charge in [0.25, 0.3) is 5.78 Å². The van der Waals surface area contributed by atoms with Gasteiger partial charge < -0.3 is 25.2 Å². The second-order valence-electron chi connectivity index (χ2n) is 9.74. The Morgan fingerprint density at radius 1 is 0.861 bits per heavy atom. The largest absolute Gasteiger partial charge is 0.478 e. The van der Waals surface area contributed by atoms with Crippen LogP contribution in [0.4, 0.5) is 11.4 Å². The number of carbonyl (C=O) groups excluding carboxylic acids is 1. The number of Topliss-reactive ketones (excluding diaryl/α,β-unsaturated/α-hetero) is 1. The minimum Gasteiger partial charge on any atom is -0.478 e. The van der Waals surface area contributed by atoms with Crippen LogP contribution in [0, 0.1) is 0 Å². The van der Waals surface area contributed by atoms with Crippen LogP contribution in [0.3, 0.4) is 0 Å². The maximum absolute atomic E-state index is 13.6. The highest BCUT2D eigenvalue weighted by atomic mass is 16.5. The van der Waals surface area contributed by atoms with E-state index in [0.717, 1.165) is 50.4 Å². The van der Waals surface area contributed by atoms with Crippen molar-refractivity contribution >= 4 is 28.8 Å². The van der Waals surface area contributed by atoms with E-state index in [0.29, 0.717) is 33.8 Å². The molecule has 3 heterocycles. The number of aromatic carboxylic acids is 1. The van der Waals surface area contributed by atoms with Gasteiger partial charge in [0.15, 0.2) is 5.41 Å². The maximum atomic E-state index is 13.6. The number of anilines is 2. The molecule has 1 N–H and O–H groups in total. The molecule has 0 bridgehead atoms. The van der Waals surface area contributed by atoms with Crippen LogP contribution >= 0.6 is 0 Å². The van der Waals surface area contributed by atoms with E-state index in [4.69, 9.17) is 4.74 Å². The fourth-order valence-electron chi connectivity index (χ4n) is 5.89. The second kappa shape index (κ2) is 7.29. The summed E-state index contributed by atoms with van der Waals surface area (Å²) >= 11 is 0. The summed E-state index contributed by atoms with van der Waals surface area (Å²) in [6.45, 7) is 3.86. The molecule has 0 aromatic heterocycles. The second-order valence-corrected chi connectivity index (χ2v) is 9.74. The SMILES string of the molecule is [N-]=[N+]=C1C(=O)c2ccc(C(=O)O)cc2C12c1ccc(N3CCC3)cc1Oc1cc(N3CCC3)ccc12. The number of benzene rings is 3. The normalized spacial score (nSPS) is 18.4. The van der Waals surface area contributed by atoms with Gasteiger partial charge in [-0.3, -0.25) is 4.79 Å². The topological polar surface area (TPSA) is 106 Å². The molecule has 178 valence electrons. The molecule has 3 aromatic rings. The number of carboxylic acids is 1. The first-order chi connectivity index (χ1) is 17.5. The Balaban J connectivity index is 1.55.